The minimum atomic E-state index is -4.87. The van der Waals surface area contributed by atoms with Gasteiger partial charge in [0.05, 0.1) is 10.1 Å². The van der Waals surface area contributed by atoms with Gasteiger partial charge >= 0.3 is 6.36 Å². The van der Waals surface area contributed by atoms with Crippen molar-refractivity contribution in [1.82, 2.24) is 24.5 Å². The third-order valence-corrected chi connectivity index (χ3v) is 5.79. The molecule has 31 heavy (non-hydrogen) atoms. The molecule has 3 aromatic heterocycles. The molecule has 0 spiro atoms. The van der Waals surface area contributed by atoms with Crippen molar-refractivity contribution in [3.05, 3.63) is 62.2 Å². The van der Waals surface area contributed by atoms with Crippen LogP contribution in [0.5, 0.6) is 5.75 Å². The second-order valence-electron chi connectivity index (χ2n) is 6.31. The quantitative estimate of drug-likeness (QED) is 0.228. The number of benzene rings is 1. The Kier molecular flexibility index (Phi) is 6.27. The highest BCUT2D eigenvalue weighted by atomic mass is 127. The second kappa shape index (κ2) is 8.94. The maximum atomic E-state index is 13.0. The number of nitrogens with zero attached hydrogens (tertiary/aromatic N) is 5. The molecule has 0 N–H and O–H groups in total. The van der Waals surface area contributed by atoms with Gasteiger partial charge in [0.2, 0.25) is 0 Å². The lowest BCUT2D eigenvalue weighted by atomic mass is 10.3. The van der Waals surface area contributed by atoms with Gasteiger partial charge in [-0.25, -0.2) is 14.1 Å². The Labute approximate surface area is 191 Å². The lowest BCUT2D eigenvalue weighted by Gasteiger charge is -2.13. The number of alkyl halides is 4. The molecule has 0 aliphatic rings. The summed E-state index contributed by atoms with van der Waals surface area (Å²) in [6, 6.07) is 9.50. The van der Waals surface area contributed by atoms with Crippen LogP contribution in [0.15, 0.2) is 48.0 Å². The molecular weight excluding hydrogens is 549 g/mol. The number of ether oxygens (including phenoxy) is 1. The Morgan fingerprint density at radius 1 is 1.10 bits per heavy atom. The van der Waals surface area contributed by atoms with Gasteiger partial charge in [0.15, 0.2) is 17.4 Å². The van der Waals surface area contributed by atoms with Gasteiger partial charge in [0.25, 0.3) is 0 Å². The van der Waals surface area contributed by atoms with Crippen LogP contribution in [0.25, 0.3) is 17.2 Å². The van der Waals surface area contributed by atoms with Crippen LogP contribution in [0.2, 0.25) is 0 Å². The molecule has 0 bridgehead atoms. The molecule has 0 amide bonds. The first-order valence-electron chi connectivity index (χ1n) is 8.97. The zero-order valence-corrected chi connectivity index (χ0v) is 18.7. The summed E-state index contributed by atoms with van der Waals surface area (Å²) in [7, 11) is 0. The topological polar surface area (TPSA) is 57.8 Å². The van der Waals surface area contributed by atoms with E-state index in [2.05, 4.69) is 19.9 Å². The Hall–Kier alpha value is -2.48. The summed E-state index contributed by atoms with van der Waals surface area (Å²) < 4.78 is 59.2. The predicted molar refractivity (Wildman–Crippen MR) is 115 cm³/mol. The average Bonchev–Trinajstić information content (AvgIpc) is 3.42. The smallest absolute Gasteiger partial charge is 0.403 e. The van der Waals surface area contributed by atoms with Crippen molar-refractivity contribution in [3.8, 4) is 23.0 Å². The first-order chi connectivity index (χ1) is 14.8. The lowest BCUT2D eigenvalue weighted by Crippen LogP contribution is -2.18. The summed E-state index contributed by atoms with van der Waals surface area (Å²) in [5.41, 5.74) is 0.455. The first kappa shape index (κ1) is 21.7. The number of hydrogen-bond acceptors (Lipinski definition) is 5. The molecule has 0 saturated heterocycles. The van der Waals surface area contributed by atoms with Crippen LogP contribution < -0.4 is 4.74 Å². The third kappa shape index (κ3) is 5.06. The van der Waals surface area contributed by atoms with E-state index in [0.29, 0.717) is 21.5 Å². The Bertz CT molecular complexity index is 1170. The predicted octanol–water partition coefficient (Wildman–Crippen LogP) is 5.26. The number of rotatable bonds is 7. The number of halogens is 5. The van der Waals surface area contributed by atoms with Gasteiger partial charge in [-0.05, 0) is 46.2 Å². The normalized spacial score (nSPS) is 11.8. The maximum absolute atomic E-state index is 13.0. The van der Waals surface area contributed by atoms with Crippen molar-refractivity contribution in [2.24, 2.45) is 0 Å². The molecule has 6 nitrogen and oxygen atoms in total. The van der Waals surface area contributed by atoms with E-state index in [9.17, 15) is 17.6 Å². The molecule has 4 rings (SSSR count). The molecular formula is C19H14F4IN5OS. The van der Waals surface area contributed by atoms with Crippen molar-refractivity contribution in [2.75, 3.05) is 6.67 Å². The highest BCUT2D eigenvalue weighted by molar-refractivity contribution is 14.1. The van der Waals surface area contributed by atoms with Gasteiger partial charge in [-0.3, -0.25) is 4.68 Å². The summed E-state index contributed by atoms with van der Waals surface area (Å²) in [5.74, 6) is 0.240. The summed E-state index contributed by atoms with van der Waals surface area (Å²) in [4.78, 5) is 5.55. The van der Waals surface area contributed by atoms with E-state index in [1.54, 1.807) is 12.3 Å². The van der Waals surface area contributed by atoms with Crippen molar-refractivity contribution < 1.29 is 22.3 Å². The van der Waals surface area contributed by atoms with Crippen LogP contribution in [0.4, 0.5) is 17.6 Å². The second-order valence-corrected chi connectivity index (χ2v) is 8.51. The summed E-state index contributed by atoms with van der Waals surface area (Å²) in [6.07, 6.45) is -2.82. The van der Waals surface area contributed by atoms with Crippen molar-refractivity contribution in [2.45, 2.75) is 19.3 Å². The molecule has 0 fully saturated rings. The van der Waals surface area contributed by atoms with E-state index in [-0.39, 0.29) is 18.1 Å². The number of aryl methyl sites for hydroxylation is 1. The fourth-order valence-corrected chi connectivity index (χ4v) is 4.28. The van der Waals surface area contributed by atoms with E-state index in [1.165, 1.54) is 38.9 Å². The lowest BCUT2D eigenvalue weighted by molar-refractivity contribution is -0.274. The van der Waals surface area contributed by atoms with Gasteiger partial charge in [-0.2, -0.15) is 10.2 Å². The molecule has 0 radical (unpaired) electrons. The molecule has 0 aliphatic carbocycles. The molecule has 3 heterocycles. The molecule has 162 valence electrons. The number of hydrogen-bond donors (Lipinski definition) is 0. The molecule has 4 aromatic rings. The Morgan fingerprint density at radius 2 is 1.90 bits per heavy atom. The van der Waals surface area contributed by atoms with Crippen molar-refractivity contribution >= 4 is 33.9 Å². The van der Waals surface area contributed by atoms with Gasteiger partial charge in [-0.1, -0.05) is 18.2 Å². The monoisotopic (exact) mass is 563 g/mol. The van der Waals surface area contributed by atoms with Crippen LogP contribution in [0, 0.1) is 3.57 Å². The van der Waals surface area contributed by atoms with Crippen molar-refractivity contribution in [3.63, 3.8) is 0 Å². The molecule has 0 unspecified atom stereocenters. The molecule has 0 atom stereocenters. The summed E-state index contributed by atoms with van der Waals surface area (Å²) in [6.45, 7) is -0.546. The zero-order valence-electron chi connectivity index (χ0n) is 15.7. The Balaban J connectivity index is 1.84. The summed E-state index contributed by atoms with van der Waals surface area (Å²) >= 11 is 3.55. The molecule has 12 heteroatoms. The fraction of sp³-hybridized carbons (Fsp3) is 0.211. The van der Waals surface area contributed by atoms with Crippen LogP contribution in [0.1, 0.15) is 10.7 Å². The average molecular weight is 563 g/mol. The molecule has 0 aliphatic heterocycles. The number of para-hydroxylation sites is 2. The largest absolute Gasteiger partial charge is 0.573 e. The van der Waals surface area contributed by atoms with Gasteiger partial charge in [0.1, 0.15) is 18.1 Å². The van der Waals surface area contributed by atoms with Gasteiger partial charge in [0, 0.05) is 17.5 Å². The number of aromatic nitrogens is 5. The zero-order chi connectivity index (χ0) is 22.0. The molecule has 0 saturated carbocycles. The van der Waals surface area contributed by atoms with Crippen LogP contribution in [-0.2, 0) is 13.0 Å². The van der Waals surface area contributed by atoms with Gasteiger partial charge < -0.3 is 4.74 Å². The minimum Gasteiger partial charge on any atom is -0.403 e. The number of thiophene rings is 1. The van der Waals surface area contributed by atoms with E-state index in [0.717, 1.165) is 4.88 Å². The SMILES string of the molecule is FCCn1cc(I)c(-c2nc(Cc3cccs3)nn2-c2ccccc2OC(F)(F)F)n1. The van der Waals surface area contributed by atoms with E-state index in [4.69, 9.17) is 0 Å². The minimum absolute atomic E-state index is 0.0555. The van der Waals surface area contributed by atoms with E-state index >= 15 is 0 Å². The van der Waals surface area contributed by atoms with Crippen molar-refractivity contribution in [1.29, 1.82) is 0 Å². The highest BCUT2D eigenvalue weighted by Gasteiger charge is 2.33. The Morgan fingerprint density at radius 3 is 2.61 bits per heavy atom. The fourth-order valence-electron chi connectivity index (χ4n) is 2.91. The van der Waals surface area contributed by atoms with Crippen LogP contribution >= 0.6 is 33.9 Å². The van der Waals surface area contributed by atoms with E-state index in [1.807, 2.05) is 40.1 Å². The standard InChI is InChI=1S/C19H14F4IN5OS/c20-7-8-28-11-13(24)17(27-28)18-25-16(10-12-4-3-9-31-12)26-29(18)14-5-1-2-6-15(14)30-19(21,22)23/h1-6,9,11H,7-8,10H2. The summed E-state index contributed by atoms with van der Waals surface area (Å²) in [5, 5.41) is 10.7. The third-order valence-electron chi connectivity index (χ3n) is 4.13. The molecule has 1 aromatic carbocycles. The van der Waals surface area contributed by atoms with Gasteiger partial charge in [-0.15, -0.1) is 24.5 Å². The maximum Gasteiger partial charge on any atom is 0.573 e. The van der Waals surface area contributed by atoms with E-state index < -0.39 is 18.8 Å². The van der Waals surface area contributed by atoms with Crippen LogP contribution in [0.3, 0.4) is 0 Å². The first-order valence-corrected chi connectivity index (χ1v) is 10.9. The highest BCUT2D eigenvalue weighted by Crippen LogP contribution is 2.32. The van der Waals surface area contributed by atoms with Crippen LogP contribution in [-0.4, -0.2) is 37.6 Å².